The third-order valence-corrected chi connectivity index (χ3v) is 3.80. The van der Waals surface area contributed by atoms with Gasteiger partial charge in [-0.15, -0.1) is 0 Å². The summed E-state index contributed by atoms with van der Waals surface area (Å²) in [6, 6.07) is 1.41. The Morgan fingerprint density at radius 2 is 2.42 bits per heavy atom. The van der Waals surface area contributed by atoms with E-state index >= 15 is 0 Å². The average molecular weight is 166 g/mol. The Bertz CT molecular complexity index is 253. The van der Waals surface area contributed by atoms with Crippen LogP contribution in [0.2, 0.25) is 0 Å². The normalized spacial score (nSPS) is 53.6. The Balaban J connectivity index is 1.83. The zero-order chi connectivity index (χ0) is 8.34. The van der Waals surface area contributed by atoms with E-state index in [2.05, 4.69) is 10.6 Å². The highest BCUT2D eigenvalue weighted by Gasteiger charge is 2.64. The first-order valence-electron chi connectivity index (χ1n) is 4.74. The maximum absolute atomic E-state index is 11.0. The Hall–Kier alpha value is -0.570. The molecule has 2 aliphatic carbocycles. The molecule has 0 aromatic heterocycles. The van der Waals surface area contributed by atoms with Crippen molar-refractivity contribution in [1.29, 1.82) is 0 Å². The molecule has 1 amide bonds. The minimum Gasteiger partial charge on any atom is -0.350 e. The quantitative estimate of drug-likeness (QED) is 0.576. The number of carbonyl (C=O) groups excluding carboxylic acids is 1. The maximum Gasteiger partial charge on any atom is 0.217 e. The van der Waals surface area contributed by atoms with E-state index < -0.39 is 0 Å². The van der Waals surface area contributed by atoms with Gasteiger partial charge in [-0.05, 0) is 25.2 Å². The van der Waals surface area contributed by atoms with Gasteiger partial charge >= 0.3 is 0 Å². The van der Waals surface area contributed by atoms with E-state index in [4.69, 9.17) is 0 Å². The lowest BCUT2D eigenvalue weighted by Gasteiger charge is -2.53. The van der Waals surface area contributed by atoms with E-state index in [0.717, 1.165) is 24.8 Å². The molecule has 3 fully saturated rings. The molecule has 1 heterocycles. The van der Waals surface area contributed by atoms with E-state index in [9.17, 15) is 4.79 Å². The molecule has 2 N–H and O–H groups in total. The van der Waals surface area contributed by atoms with Crippen LogP contribution in [0.1, 0.15) is 26.2 Å². The fraction of sp³-hybridized carbons (Fsp3) is 0.889. The average Bonchev–Trinajstić information content (AvgIpc) is 2.39. The molecule has 1 unspecified atom stereocenters. The Kier molecular flexibility index (Phi) is 1.06. The second kappa shape index (κ2) is 1.84. The van der Waals surface area contributed by atoms with E-state index in [1.807, 2.05) is 0 Å². The summed E-state index contributed by atoms with van der Waals surface area (Å²) in [5.41, 5.74) is 0.215. The zero-order valence-electron chi connectivity index (χ0n) is 7.26. The summed E-state index contributed by atoms with van der Waals surface area (Å²) in [5, 5.41) is 6.70. The van der Waals surface area contributed by atoms with E-state index in [1.165, 1.54) is 6.42 Å². The minimum absolute atomic E-state index is 0.140. The predicted octanol–water partition coefficient (Wildman–Crippen LogP) is 0.0154. The Morgan fingerprint density at radius 1 is 1.58 bits per heavy atom. The van der Waals surface area contributed by atoms with Gasteiger partial charge in [-0.2, -0.15) is 0 Å². The molecule has 3 rings (SSSR count). The van der Waals surface area contributed by atoms with Gasteiger partial charge in [0.05, 0.1) is 0 Å². The summed E-state index contributed by atoms with van der Waals surface area (Å²) in [6.45, 7) is 1.63. The lowest BCUT2D eigenvalue weighted by Crippen LogP contribution is -2.69. The first-order chi connectivity index (χ1) is 5.70. The van der Waals surface area contributed by atoms with Gasteiger partial charge in [-0.1, -0.05) is 0 Å². The molecular weight excluding hydrogens is 152 g/mol. The van der Waals surface area contributed by atoms with Crippen molar-refractivity contribution >= 4 is 5.91 Å². The highest BCUT2D eigenvalue weighted by Crippen LogP contribution is 2.55. The van der Waals surface area contributed by atoms with Crippen LogP contribution in [0.5, 0.6) is 0 Å². The number of carbonyl (C=O) groups is 1. The molecule has 3 heteroatoms. The summed E-state index contributed by atoms with van der Waals surface area (Å²) < 4.78 is 0. The van der Waals surface area contributed by atoms with Crippen molar-refractivity contribution in [1.82, 2.24) is 10.6 Å². The van der Waals surface area contributed by atoms with Gasteiger partial charge in [0.15, 0.2) is 0 Å². The van der Waals surface area contributed by atoms with Crippen molar-refractivity contribution in [2.24, 2.45) is 5.92 Å². The predicted molar refractivity (Wildman–Crippen MR) is 44.6 cm³/mol. The number of nitrogens with one attached hydrogen (secondary N) is 2. The number of amides is 1. The standard InChI is InChI=1S/C9H14N2O/c1-5(12)11-9-3-6-2-7(9)8(4-9)10-6/h6-8,10H,2-4H2,1H3,(H,11,12)/t6-,7?,8-,9+/m1/s1. The number of rotatable bonds is 1. The van der Waals surface area contributed by atoms with Gasteiger partial charge in [-0.25, -0.2) is 0 Å². The number of hydrogen-bond acceptors (Lipinski definition) is 2. The molecule has 66 valence electrons. The van der Waals surface area contributed by atoms with Crippen LogP contribution in [0, 0.1) is 5.92 Å². The van der Waals surface area contributed by atoms with E-state index in [0.29, 0.717) is 6.04 Å². The summed E-state index contributed by atoms with van der Waals surface area (Å²) in [5.74, 6) is 0.882. The van der Waals surface area contributed by atoms with Crippen LogP contribution in [0.3, 0.4) is 0 Å². The van der Waals surface area contributed by atoms with Gasteiger partial charge in [0.2, 0.25) is 5.91 Å². The molecule has 2 bridgehead atoms. The molecule has 0 radical (unpaired) electrons. The summed E-state index contributed by atoms with van der Waals surface area (Å²) in [6.07, 6.45) is 3.60. The van der Waals surface area contributed by atoms with Crippen LogP contribution in [0.4, 0.5) is 0 Å². The molecule has 0 spiro atoms. The highest BCUT2D eigenvalue weighted by molar-refractivity contribution is 5.74. The van der Waals surface area contributed by atoms with Gasteiger partial charge in [0.25, 0.3) is 0 Å². The molecule has 2 saturated carbocycles. The second-order valence-corrected chi connectivity index (χ2v) is 4.56. The Labute approximate surface area is 71.9 Å². The Morgan fingerprint density at radius 3 is 2.92 bits per heavy atom. The van der Waals surface area contributed by atoms with Gasteiger partial charge in [0.1, 0.15) is 0 Å². The smallest absolute Gasteiger partial charge is 0.217 e. The molecule has 0 aromatic carbocycles. The second-order valence-electron chi connectivity index (χ2n) is 4.56. The third kappa shape index (κ3) is 0.637. The monoisotopic (exact) mass is 166 g/mol. The zero-order valence-corrected chi connectivity index (χ0v) is 7.26. The van der Waals surface area contributed by atoms with E-state index in [-0.39, 0.29) is 11.4 Å². The fourth-order valence-corrected chi connectivity index (χ4v) is 3.51. The molecule has 3 aliphatic rings. The topological polar surface area (TPSA) is 41.1 Å². The highest BCUT2D eigenvalue weighted by atomic mass is 16.1. The van der Waals surface area contributed by atoms with Gasteiger partial charge in [0, 0.05) is 24.5 Å². The summed E-state index contributed by atoms with van der Waals surface area (Å²) >= 11 is 0. The summed E-state index contributed by atoms with van der Waals surface area (Å²) in [7, 11) is 0. The number of hydrogen-bond donors (Lipinski definition) is 2. The van der Waals surface area contributed by atoms with Crippen LogP contribution in [-0.4, -0.2) is 23.5 Å². The van der Waals surface area contributed by atoms with Crippen molar-refractivity contribution < 1.29 is 4.79 Å². The van der Waals surface area contributed by atoms with Crippen LogP contribution in [0.25, 0.3) is 0 Å². The number of piperidine rings is 2. The third-order valence-electron chi connectivity index (χ3n) is 3.80. The van der Waals surface area contributed by atoms with Crippen LogP contribution in [-0.2, 0) is 4.79 Å². The van der Waals surface area contributed by atoms with Crippen molar-refractivity contribution in [3.8, 4) is 0 Å². The first-order valence-corrected chi connectivity index (χ1v) is 4.74. The van der Waals surface area contributed by atoms with Crippen molar-refractivity contribution in [2.45, 2.75) is 43.8 Å². The summed E-state index contributed by atoms with van der Waals surface area (Å²) in [4.78, 5) is 11.0. The van der Waals surface area contributed by atoms with Crippen molar-refractivity contribution in [3.63, 3.8) is 0 Å². The largest absolute Gasteiger partial charge is 0.350 e. The molecule has 0 aromatic rings. The molecule has 1 saturated heterocycles. The van der Waals surface area contributed by atoms with Crippen LogP contribution in [0.15, 0.2) is 0 Å². The molecular formula is C9H14N2O. The lowest BCUT2D eigenvalue weighted by atomic mass is 9.64. The molecule has 4 atom stereocenters. The van der Waals surface area contributed by atoms with Crippen LogP contribution < -0.4 is 10.6 Å². The van der Waals surface area contributed by atoms with Gasteiger partial charge in [-0.3, -0.25) is 4.79 Å². The molecule has 12 heavy (non-hydrogen) atoms. The number of fused-ring (bicyclic) bond motifs is 1. The first kappa shape index (κ1) is 6.89. The van der Waals surface area contributed by atoms with Gasteiger partial charge < -0.3 is 10.6 Å². The minimum atomic E-state index is 0.140. The lowest BCUT2D eigenvalue weighted by molar-refractivity contribution is -0.123. The fourth-order valence-electron chi connectivity index (χ4n) is 3.51. The molecule has 1 aliphatic heterocycles. The maximum atomic E-state index is 11.0. The van der Waals surface area contributed by atoms with Crippen molar-refractivity contribution in [2.75, 3.05) is 0 Å². The SMILES string of the molecule is CC(=O)N[C@]12C[C@H]3CC1[C@@H](C2)N3. The van der Waals surface area contributed by atoms with E-state index in [1.54, 1.807) is 6.92 Å². The molecule has 3 nitrogen and oxygen atoms in total. The van der Waals surface area contributed by atoms with Crippen LogP contribution >= 0.6 is 0 Å². The van der Waals surface area contributed by atoms with Crippen molar-refractivity contribution in [3.05, 3.63) is 0 Å².